The summed E-state index contributed by atoms with van der Waals surface area (Å²) < 4.78 is 28.6. The molecule has 0 saturated heterocycles. The molecule has 0 aromatic heterocycles. The van der Waals surface area contributed by atoms with E-state index in [1.165, 1.54) is 0 Å². The molecule has 0 radical (unpaired) electrons. The highest BCUT2D eigenvalue weighted by atomic mass is 32.2. The molecule has 26 heavy (non-hydrogen) atoms. The summed E-state index contributed by atoms with van der Waals surface area (Å²) in [6, 6.07) is 4.99. The second-order valence-corrected chi connectivity index (χ2v) is 9.64. The fraction of sp³-hybridized carbons (Fsp3) is 0.550. The van der Waals surface area contributed by atoms with Gasteiger partial charge >= 0.3 is 0 Å². The number of hydrogen-bond acceptors (Lipinski definition) is 3. The van der Waals surface area contributed by atoms with Crippen LogP contribution in [0.25, 0.3) is 5.57 Å². The van der Waals surface area contributed by atoms with E-state index in [0.717, 1.165) is 68.2 Å². The molecular formula is C20H26N2O3S. The molecule has 3 aliphatic rings. The van der Waals surface area contributed by atoms with Gasteiger partial charge in [-0.15, -0.1) is 0 Å². The Balaban J connectivity index is 1.63. The average Bonchev–Trinajstić information content (AvgIpc) is 3.22. The highest BCUT2D eigenvalue weighted by Gasteiger charge is 2.31. The van der Waals surface area contributed by atoms with Crippen molar-refractivity contribution < 1.29 is 13.2 Å². The Kier molecular flexibility index (Phi) is 4.65. The number of carbonyl (C=O) groups is 1. The molecule has 1 aliphatic heterocycles. The number of anilines is 1. The first-order valence-electron chi connectivity index (χ1n) is 9.64. The summed E-state index contributed by atoms with van der Waals surface area (Å²) in [5, 5.41) is 2.88. The van der Waals surface area contributed by atoms with Crippen LogP contribution < -0.4 is 10.0 Å². The van der Waals surface area contributed by atoms with Crippen molar-refractivity contribution in [3.8, 4) is 0 Å². The molecule has 0 unspecified atom stereocenters. The monoisotopic (exact) mass is 374 g/mol. The smallest absolute Gasteiger partial charge is 0.256 e. The number of hydrogen-bond donors (Lipinski definition) is 2. The quantitative estimate of drug-likeness (QED) is 0.790. The van der Waals surface area contributed by atoms with Gasteiger partial charge in [-0.25, -0.2) is 13.1 Å². The second kappa shape index (κ2) is 6.82. The molecule has 2 saturated carbocycles. The van der Waals surface area contributed by atoms with Gasteiger partial charge in [-0.1, -0.05) is 12.5 Å². The maximum absolute atomic E-state index is 12.9. The first-order valence-corrected chi connectivity index (χ1v) is 11.1. The number of sulfonamides is 1. The molecule has 6 heteroatoms. The van der Waals surface area contributed by atoms with Gasteiger partial charge in [0, 0.05) is 22.9 Å². The van der Waals surface area contributed by atoms with Crippen molar-refractivity contribution in [2.24, 2.45) is 5.92 Å². The van der Waals surface area contributed by atoms with E-state index < -0.39 is 10.0 Å². The lowest BCUT2D eigenvalue weighted by Crippen LogP contribution is -2.37. The van der Waals surface area contributed by atoms with Crippen molar-refractivity contribution in [1.82, 2.24) is 4.72 Å². The van der Waals surface area contributed by atoms with Crippen LogP contribution >= 0.6 is 0 Å². The summed E-state index contributed by atoms with van der Waals surface area (Å²) in [4.78, 5) is 12.6. The predicted octanol–water partition coefficient (Wildman–Crippen LogP) is 3.82. The van der Waals surface area contributed by atoms with Gasteiger partial charge in [0.25, 0.3) is 5.91 Å². The van der Waals surface area contributed by atoms with Crippen LogP contribution in [0.4, 0.5) is 5.69 Å². The third kappa shape index (κ3) is 3.32. The van der Waals surface area contributed by atoms with E-state index in [9.17, 15) is 13.2 Å². The normalized spacial score (nSPS) is 26.1. The SMILES string of the molecule is CC1CCC(NS(=O)(=O)c2ccc3c(c2)C(=C2CCCC2)C(=O)N3)CC1. The highest BCUT2D eigenvalue weighted by Crippen LogP contribution is 2.40. The summed E-state index contributed by atoms with van der Waals surface area (Å²) in [6.07, 6.45) is 7.96. The maximum Gasteiger partial charge on any atom is 0.256 e. The molecule has 1 aromatic rings. The van der Waals surface area contributed by atoms with Gasteiger partial charge < -0.3 is 5.32 Å². The summed E-state index contributed by atoms with van der Waals surface area (Å²) in [6.45, 7) is 2.22. The number of rotatable bonds is 3. The lowest BCUT2D eigenvalue weighted by Gasteiger charge is -2.26. The fourth-order valence-corrected chi connectivity index (χ4v) is 5.71. The Morgan fingerprint density at radius 1 is 1.08 bits per heavy atom. The van der Waals surface area contributed by atoms with Crippen LogP contribution in [0.1, 0.15) is 63.9 Å². The van der Waals surface area contributed by atoms with Crippen molar-refractivity contribution >= 4 is 27.2 Å². The highest BCUT2D eigenvalue weighted by molar-refractivity contribution is 7.89. The Labute approximate surface area is 155 Å². The Morgan fingerprint density at radius 3 is 2.46 bits per heavy atom. The lowest BCUT2D eigenvalue weighted by molar-refractivity contribution is -0.110. The Bertz CT molecular complexity index is 857. The third-order valence-electron chi connectivity index (χ3n) is 5.94. The minimum absolute atomic E-state index is 0.0110. The molecule has 5 nitrogen and oxygen atoms in total. The lowest BCUT2D eigenvalue weighted by atomic mass is 9.88. The van der Waals surface area contributed by atoms with E-state index >= 15 is 0 Å². The summed E-state index contributed by atoms with van der Waals surface area (Å²) >= 11 is 0. The van der Waals surface area contributed by atoms with Crippen LogP contribution in [0.15, 0.2) is 28.7 Å². The number of amides is 1. The van der Waals surface area contributed by atoms with Crippen molar-refractivity contribution in [3.05, 3.63) is 29.3 Å². The van der Waals surface area contributed by atoms with Gasteiger partial charge in [0.05, 0.1) is 4.90 Å². The van der Waals surface area contributed by atoms with Crippen LogP contribution in [0, 0.1) is 5.92 Å². The van der Waals surface area contributed by atoms with Gasteiger partial charge in [-0.2, -0.15) is 0 Å². The summed E-state index contributed by atoms with van der Waals surface area (Å²) in [5.41, 5.74) is 3.31. The third-order valence-corrected chi connectivity index (χ3v) is 7.46. The molecule has 1 amide bonds. The van der Waals surface area contributed by atoms with Gasteiger partial charge in [0.1, 0.15) is 0 Å². The summed E-state index contributed by atoms with van der Waals surface area (Å²) in [5.74, 6) is 0.578. The molecule has 0 bridgehead atoms. The maximum atomic E-state index is 12.9. The van der Waals surface area contributed by atoms with Gasteiger partial charge in [-0.05, 0) is 75.5 Å². The zero-order chi connectivity index (χ0) is 18.3. The van der Waals surface area contributed by atoms with Gasteiger partial charge in [-0.3, -0.25) is 4.79 Å². The molecule has 1 heterocycles. The van der Waals surface area contributed by atoms with Gasteiger partial charge in [0.2, 0.25) is 10.0 Å². The van der Waals surface area contributed by atoms with Crippen molar-refractivity contribution in [1.29, 1.82) is 0 Å². The molecule has 4 rings (SSSR count). The van der Waals surface area contributed by atoms with Crippen LogP contribution in [0.5, 0.6) is 0 Å². The second-order valence-electron chi connectivity index (χ2n) is 7.93. The van der Waals surface area contributed by atoms with Crippen LogP contribution in [-0.4, -0.2) is 20.4 Å². The van der Waals surface area contributed by atoms with Crippen LogP contribution in [-0.2, 0) is 14.8 Å². The number of allylic oxidation sites excluding steroid dienone is 1. The molecule has 1 aromatic carbocycles. The van der Waals surface area contributed by atoms with E-state index in [2.05, 4.69) is 17.0 Å². The number of fused-ring (bicyclic) bond motifs is 1. The standard InChI is InChI=1S/C20H26N2O3S/c1-13-6-8-15(9-7-13)22-26(24,25)16-10-11-18-17(12-16)19(20(23)21-18)14-4-2-3-5-14/h10-13,15,22H,2-9H2,1H3,(H,21,23). The largest absolute Gasteiger partial charge is 0.321 e. The van der Waals surface area contributed by atoms with E-state index in [4.69, 9.17) is 0 Å². The zero-order valence-corrected chi connectivity index (χ0v) is 16.0. The molecule has 2 aliphatic carbocycles. The molecule has 2 fully saturated rings. The molecule has 0 spiro atoms. The van der Waals surface area contributed by atoms with E-state index in [1.54, 1.807) is 18.2 Å². The van der Waals surface area contributed by atoms with E-state index in [0.29, 0.717) is 11.5 Å². The van der Waals surface area contributed by atoms with Crippen molar-refractivity contribution in [2.75, 3.05) is 5.32 Å². The van der Waals surface area contributed by atoms with E-state index in [-0.39, 0.29) is 16.8 Å². The molecule has 2 N–H and O–H groups in total. The fourth-order valence-electron chi connectivity index (χ4n) is 4.38. The van der Waals surface area contributed by atoms with Crippen LogP contribution in [0.3, 0.4) is 0 Å². The van der Waals surface area contributed by atoms with Crippen molar-refractivity contribution in [2.45, 2.75) is 69.2 Å². The average molecular weight is 375 g/mol. The van der Waals surface area contributed by atoms with E-state index in [1.807, 2.05) is 0 Å². The minimum atomic E-state index is -3.58. The van der Waals surface area contributed by atoms with Gasteiger partial charge in [0.15, 0.2) is 0 Å². The van der Waals surface area contributed by atoms with Crippen LogP contribution in [0.2, 0.25) is 0 Å². The Morgan fingerprint density at radius 2 is 1.77 bits per heavy atom. The number of nitrogens with one attached hydrogen (secondary N) is 2. The minimum Gasteiger partial charge on any atom is -0.321 e. The topological polar surface area (TPSA) is 75.3 Å². The number of carbonyl (C=O) groups excluding carboxylic acids is 1. The van der Waals surface area contributed by atoms with Crippen molar-refractivity contribution in [3.63, 3.8) is 0 Å². The Hall–Kier alpha value is -1.66. The summed E-state index contributed by atoms with van der Waals surface area (Å²) in [7, 11) is -3.58. The molecule has 0 atom stereocenters. The first-order chi connectivity index (χ1) is 12.4. The first kappa shape index (κ1) is 17.7. The molecular weight excluding hydrogens is 348 g/mol. The molecule has 140 valence electrons. The number of benzene rings is 1. The zero-order valence-electron chi connectivity index (χ0n) is 15.2. The predicted molar refractivity (Wildman–Crippen MR) is 102 cm³/mol.